The van der Waals surface area contributed by atoms with Gasteiger partial charge in [0.05, 0.1) is 23.4 Å². The van der Waals surface area contributed by atoms with Crippen molar-refractivity contribution in [3.8, 4) is 17.0 Å². The van der Waals surface area contributed by atoms with Crippen molar-refractivity contribution >= 4 is 22.5 Å². The van der Waals surface area contributed by atoms with Crippen LogP contribution < -0.4 is 10.1 Å². The molecule has 0 bridgehead atoms. The van der Waals surface area contributed by atoms with Crippen LogP contribution in [0.15, 0.2) is 72.8 Å². The average Bonchev–Trinajstić information content (AvgIpc) is 2.79. The Morgan fingerprint density at radius 2 is 1.68 bits per heavy atom. The third-order valence-corrected chi connectivity index (χ3v) is 5.29. The molecule has 0 aliphatic carbocycles. The summed E-state index contributed by atoms with van der Waals surface area (Å²) >= 11 is 0. The maximum absolute atomic E-state index is 13.3. The summed E-state index contributed by atoms with van der Waals surface area (Å²) in [4.78, 5) is 18.1. The molecular formula is C27H26N2O2. The van der Waals surface area contributed by atoms with E-state index < -0.39 is 0 Å². The van der Waals surface area contributed by atoms with Crippen molar-refractivity contribution in [2.75, 3.05) is 11.9 Å². The second-order valence-electron chi connectivity index (χ2n) is 7.54. The molecular weight excluding hydrogens is 384 g/mol. The van der Waals surface area contributed by atoms with E-state index in [1.807, 2.05) is 86.6 Å². The fourth-order valence-electron chi connectivity index (χ4n) is 3.59. The lowest BCUT2D eigenvalue weighted by molar-refractivity contribution is 0.102. The summed E-state index contributed by atoms with van der Waals surface area (Å²) in [5, 5.41) is 3.88. The number of hydrogen-bond donors (Lipinski definition) is 1. The van der Waals surface area contributed by atoms with Crippen LogP contribution in [0.3, 0.4) is 0 Å². The molecule has 0 aliphatic heterocycles. The Hall–Kier alpha value is -3.66. The minimum atomic E-state index is -0.144. The minimum absolute atomic E-state index is 0.144. The Kier molecular flexibility index (Phi) is 5.99. The summed E-state index contributed by atoms with van der Waals surface area (Å²) in [5.41, 5.74) is 6.20. The summed E-state index contributed by atoms with van der Waals surface area (Å²) < 4.78 is 5.54. The fraction of sp³-hybridized carbons (Fsp3) is 0.185. The lowest BCUT2D eigenvalue weighted by Crippen LogP contribution is -2.13. The molecule has 4 nitrogen and oxygen atoms in total. The Morgan fingerprint density at radius 3 is 2.35 bits per heavy atom. The molecule has 156 valence electrons. The van der Waals surface area contributed by atoms with Crippen molar-refractivity contribution in [2.45, 2.75) is 27.2 Å². The first-order valence-electron chi connectivity index (χ1n) is 10.6. The van der Waals surface area contributed by atoms with Crippen LogP contribution in [0.4, 0.5) is 5.69 Å². The van der Waals surface area contributed by atoms with E-state index >= 15 is 0 Å². The quantitative estimate of drug-likeness (QED) is 0.399. The summed E-state index contributed by atoms with van der Waals surface area (Å²) in [6.07, 6.45) is 0.966. The Balaban J connectivity index is 1.74. The molecule has 3 aromatic carbocycles. The highest BCUT2D eigenvalue weighted by molar-refractivity contribution is 6.13. The highest BCUT2D eigenvalue weighted by Gasteiger charge is 2.15. The SMILES string of the molecule is CCOc1ccc(-c2cc(C(=O)Nc3ccc(CC)cc3)c3cc(C)ccc3n2)cc1. The molecule has 1 heterocycles. The van der Waals surface area contributed by atoms with E-state index in [2.05, 4.69) is 12.2 Å². The number of aryl methyl sites for hydroxylation is 2. The van der Waals surface area contributed by atoms with Crippen molar-refractivity contribution in [1.29, 1.82) is 0 Å². The van der Waals surface area contributed by atoms with Crippen LogP contribution in [0.25, 0.3) is 22.2 Å². The van der Waals surface area contributed by atoms with Gasteiger partial charge in [-0.05, 0) is 80.4 Å². The molecule has 0 radical (unpaired) electrons. The average molecular weight is 411 g/mol. The van der Waals surface area contributed by atoms with Crippen molar-refractivity contribution in [2.24, 2.45) is 0 Å². The van der Waals surface area contributed by atoms with Gasteiger partial charge < -0.3 is 10.1 Å². The molecule has 1 aromatic heterocycles. The standard InChI is InChI=1S/C27H26N2O2/c1-4-19-7-11-21(12-8-19)28-27(30)24-17-26(20-9-13-22(14-10-20)31-5-2)29-25-15-6-18(3)16-23(24)25/h6-17H,4-5H2,1-3H3,(H,28,30). The summed E-state index contributed by atoms with van der Waals surface area (Å²) in [6.45, 7) is 6.71. The largest absolute Gasteiger partial charge is 0.494 e. The van der Waals surface area contributed by atoms with Gasteiger partial charge in [0.2, 0.25) is 0 Å². The molecule has 1 amide bonds. The summed E-state index contributed by atoms with van der Waals surface area (Å²) in [6, 6.07) is 23.6. The monoisotopic (exact) mass is 410 g/mol. The third kappa shape index (κ3) is 4.58. The molecule has 1 N–H and O–H groups in total. The first-order chi connectivity index (χ1) is 15.1. The van der Waals surface area contributed by atoms with Crippen LogP contribution in [0, 0.1) is 6.92 Å². The van der Waals surface area contributed by atoms with Crippen LogP contribution in [-0.2, 0) is 6.42 Å². The van der Waals surface area contributed by atoms with E-state index in [0.29, 0.717) is 12.2 Å². The van der Waals surface area contributed by atoms with Gasteiger partial charge in [-0.25, -0.2) is 4.98 Å². The van der Waals surface area contributed by atoms with Crippen LogP contribution in [0.1, 0.15) is 35.3 Å². The number of nitrogens with zero attached hydrogens (tertiary/aromatic N) is 1. The lowest BCUT2D eigenvalue weighted by atomic mass is 10.0. The zero-order valence-electron chi connectivity index (χ0n) is 18.1. The third-order valence-electron chi connectivity index (χ3n) is 5.29. The zero-order chi connectivity index (χ0) is 21.8. The topological polar surface area (TPSA) is 51.2 Å². The van der Waals surface area contributed by atoms with Gasteiger partial charge in [-0.2, -0.15) is 0 Å². The number of hydrogen-bond acceptors (Lipinski definition) is 3. The number of fused-ring (bicyclic) bond motifs is 1. The highest BCUT2D eigenvalue weighted by Crippen LogP contribution is 2.28. The fourth-order valence-corrected chi connectivity index (χ4v) is 3.59. The number of benzene rings is 3. The first kappa shape index (κ1) is 20.6. The molecule has 31 heavy (non-hydrogen) atoms. The molecule has 0 unspecified atom stereocenters. The van der Waals surface area contributed by atoms with E-state index in [0.717, 1.165) is 45.6 Å². The number of carbonyl (C=O) groups excluding carboxylic acids is 1. The number of aromatic nitrogens is 1. The summed E-state index contributed by atoms with van der Waals surface area (Å²) in [7, 11) is 0. The molecule has 0 spiro atoms. The molecule has 0 fully saturated rings. The maximum Gasteiger partial charge on any atom is 0.256 e. The van der Waals surface area contributed by atoms with Crippen molar-refractivity contribution < 1.29 is 9.53 Å². The Bertz CT molecular complexity index is 1210. The molecule has 4 aromatic rings. The number of carbonyl (C=O) groups is 1. The van der Waals surface area contributed by atoms with E-state index in [1.54, 1.807) is 0 Å². The molecule has 4 heteroatoms. The van der Waals surface area contributed by atoms with Gasteiger partial charge in [0, 0.05) is 16.6 Å². The van der Waals surface area contributed by atoms with E-state index in [1.165, 1.54) is 5.56 Å². The number of rotatable bonds is 6. The van der Waals surface area contributed by atoms with Crippen molar-refractivity contribution in [3.05, 3.63) is 89.5 Å². The predicted octanol–water partition coefficient (Wildman–Crippen LogP) is 6.42. The molecule has 4 rings (SSSR count). The van der Waals surface area contributed by atoms with Crippen LogP contribution >= 0.6 is 0 Å². The van der Waals surface area contributed by atoms with Gasteiger partial charge in [-0.3, -0.25) is 4.79 Å². The second-order valence-corrected chi connectivity index (χ2v) is 7.54. The Labute approximate surface area is 182 Å². The highest BCUT2D eigenvalue weighted by atomic mass is 16.5. The Morgan fingerprint density at radius 1 is 0.935 bits per heavy atom. The molecule has 0 atom stereocenters. The summed E-state index contributed by atoms with van der Waals surface area (Å²) in [5.74, 6) is 0.672. The smallest absolute Gasteiger partial charge is 0.256 e. The predicted molar refractivity (Wildman–Crippen MR) is 127 cm³/mol. The normalized spacial score (nSPS) is 10.8. The molecule has 0 saturated heterocycles. The van der Waals surface area contributed by atoms with E-state index in [9.17, 15) is 4.79 Å². The van der Waals surface area contributed by atoms with E-state index in [-0.39, 0.29) is 5.91 Å². The van der Waals surface area contributed by atoms with Gasteiger partial charge in [0.25, 0.3) is 5.91 Å². The molecule has 0 aliphatic rings. The second kappa shape index (κ2) is 9.00. The van der Waals surface area contributed by atoms with E-state index in [4.69, 9.17) is 9.72 Å². The van der Waals surface area contributed by atoms with Gasteiger partial charge in [0.15, 0.2) is 0 Å². The number of amides is 1. The van der Waals surface area contributed by atoms with Crippen LogP contribution in [0.5, 0.6) is 5.75 Å². The van der Waals surface area contributed by atoms with Gasteiger partial charge in [-0.15, -0.1) is 0 Å². The number of pyridine rings is 1. The maximum atomic E-state index is 13.3. The van der Waals surface area contributed by atoms with Crippen molar-refractivity contribution in [1.82, 2.24) is 4.98 Å². The zero-order valence-corrected chi connectivity index (χ0v) is 18.1. The van der Waals surface area contributed by atoms with Gasteiger partial charge >= 0.3 is 0 Å². The van der Waals surface area contributed by atoms with Crippen LogP contribution in [-0.4, -0.2) is 17.5 Å². The van der Waals surface area contributed by atoms with Gasteiger partial charge in [-0.1, -0.05) is 30.7 Å². The van der Waals surface area contributed by atoms with Crippen LogP contribution in [0.2, 0.25) is 0 Å². The van der Waals surface area contributed by atoms with Crippen molar-refractivity contribution in [3.63, 3.8) is 0 Å². The minimum Gasteiger partial charge on any atom is -0.494 e. The molecule has 0 saturated carbocycles. The lowest BCUT2D eigenvalue weighted by Gasteiger charge is -2.12. The number of ether oxygens (including phenoxy) is 1. The first-order valence-corrected chi connectivity index (χ1v) is 10.6. The van der Waals surface area contributed by atoms with Gasteiger partial charge in [0.1, 0.15) is 5.75 Å². The number of anilines is 1. The number of nitrogens with one attached hydrogen (secondary N) is 1.